The minimum atomic E-state index is -0.818. The van der Waals surface area contributed by atoms with Crippen molar-refractivity contribution in [1.82, 2.24) is 5.32 Å². The van der Waals surface area contributed by atoms with E-state index in [1.807, 2.05) is 6.07 Å². The van der Waals surface area contributed by atoms with E-state index in [2.05, 4.69) is 37.2 Å². The fraction of sp³-hybridized carbons (Fsp3) is 0.500. The van der Waals surface area contributed by atoms with Crippen LogP contribution in [0.3, 0.4) is 0 Å². The Morgan fingerprint density at radius 3 is 2.75 bits per heavy atom. The lowest BCUT2D eigenvalue weighted by molar-refractivity contribution is -0.139. The van der Waals surface area contributed by atoms with Crippen LogP contribution >= 0.6 is 43.2 Å². The molecule has 1 atom stereocenters. The molecule has 0 bridgehead atoms. The first-order valence-corrected chi connectivity index (χ1v) is 7.39. The van der Waals surface area contributed by atoms with E-state index in [-0.39, 0.29) is 0 Å². The van der Waals surface area contributed by atoms with Crippen LogP contribution in [0.2, 0.25) is 0 Å². The van der Waals surface area contributed by atoms with Gasteiger partial charge in [-0.15, -0.1) is 11.3 Å². The molecule has 88 valence electrons. The zero-order valence-corrected chi connectivity index (χ0v) is 12.4. The van der Waals surface area contributed by atoms with Gasteiger partial charge in [0.05, 0.1) is 3.79 Å². The molecule has 1 saturated carbocycles. The number of hydrogen-bond donors (Lipinski definition) is 2. The van der Waals surface area contributed by atoms with Gasteiger partial charge in [0.2, 0.25) is 0 Å². The molecule has 6 heteroatoms. The molecule has 0 saturated heterocycles. The second-order valence-electron chi connectivity index (χ2n) is 3.89. The average molecular weight is 369 g/mol. The van der Waals surface area contributed by atoms with Crippen molar-refractivity contribution in [2.45, 2.75) is 18.9 Å². The summed E-state index contributed by atoms with van der Waals surface area (Å²) in [4.78, 5) is 12.0. The number of carboxylic acids is 1. The van der Waals surface area contributed by atoms with Gasteiger partial charge in [-0.05, 0) is 63.2 Å². The molecule has 1 aromatic heterocycles. The standard InChI is InChI=1S/C10H11Br2NO2S/c11-6-3-7(16-9(6)12)8(10(14)15)13-4-5-1-2-5/h3,5,8,13H,1-2,4H2,(H,14,15). The largest absolute Gasteiger partial charge is 0.480 e. The van der Waals surface area contributed by atoms with Crippen LogP contribution in [0.4, 0.5) is 0 Å². The lowest BCUT2D eigenvalue weighted by Gasteiger charge is -2.11. The Balaban J connectivity index is 2.07. The van der Waals surface area contributed by atoms with Crippen LogP contribution in [0.5, 0.6) is 0 Å². The van der Waals surface area contributed by atoms with Crippen LogP contribution in [0.25, 0.3) is 0 Å². The molecule has 1 aromatic rings. The maximum absolute atomic E-state index is 11.2. The quantitative estimate of drug-likeness (QED) is 0.837. The zero-order chi connectivity index (χ0) is 11.7. The number of carboxylic acid groups (broad SMARTS) is 1. The fourth-order valence-electron chi connectivity index (χ4n) is 1.42. The lowest BCUT2D eigenvalue weighted by Crippen LogP contribution is -2.29. The number of aliphatic carboxylic acids is 1. The van der Waals surface area contributed by atoms with Gasteiger partial charge < -0.3 is 5.11 Å². The highest BCUT2D eigenvalue weighted by Gasteiger charge is 2.27. The number of nitrogens with one attached hydrogen (secondary N) is 1. The summed E-state index contributed by atoms with van der Waals surface area (Å²) in [5, 5.41) is 12.3. The first-order valence-electron chi connectivity index (χ1n) is 4.99. The SMILES string of the molecule is O=C(O)C(NCC1CC1)c1cc(Br)c(Br)s1. The van der Waals surface area contributed by atoms with Crippen LogP contribution in [-0.4, -0.2) is 17.6 Å². The Kier molecular flexibility index (Phi) is 4.05. The molecule has 0 radical (unpaired) electrons. The fourth-order valence-corrected chi connectivity index (χ4v) is 3.58. The Morgan fingerprint density at radius 2 is 2.31 bits per heavy atom. The smallest absolute Gasteiger partial charge is 0.326 e. The Hall–Kier alpha value is 0.0900. The van der Waals surface area contributed by atoms with Crippen molar-refractivity contribution >= 4 is 49.2 Å². The van der Waals surface area contributed by atoms with Crippen LogP contribution in [0.1, 0.15) is 23.8 Å². The van der Waals surface area contributed by atoms with Gasteiger partial charge in [-0.2, -0.15) is 0 Å². The lowest BCUT2D eigenvalue weighted by atomic mass is 10.2. The van der Waals surface area contributed by atoms with E-state index in [4.69, 9.17) is 0 Å². The molecule has 0 aliphatic heterocycles. The van der Waals surface area contributed by atoms with E-state index >= 15 is 0 Å². The number of halogens is 2. The number of hydrogen-bond acceptors (Lipinski definition) is 3. The van der Waals surface area contributed by atoms with E-state index in [0.717, 1.165) is 19.7 Å². The van der Waals surface area contributed by atoms with Crippen LogP contribution < -0.4 is 5.32 Å². The maximum atomic E-state index is 11.2. The van der Waals surface area contributed by atoms with Crippen molar-refractivity contribution in [3.05, 3.63) is 19.2 Å². The summed E-state index contributed by atoms with van der Waals surface area (Å²) in [5.41, 5.74) is 0. The highest BCUT2D eigenvalue weighted by molar-refractivity contribution is 9.13. The predicted molar refractivity (Wildman–Crippen MR) is 70.8 cm³/mol. The van der Waals surface area contributed by atoms with Gasteiger partial charge in [0.15, 0.2) is 0 Å². The van der Waals surface area contributed by atoms with Crippen LogP contribution in [-0.2, 0) is 4.79 Å². The third-order valence-electron chi connectivity index (χ3n) is 2.50. The van der Waals surface area contributed by atoms with Gasteiger partial charge in [-0.3, -0.25) is 10.1 Å². The number of thiophene rings is 1. The zero-order valence-electron chi connectivity index (χ0n) is 8.37. The van der Waals surface area contributed by atoms with Gasteiger partial charge >= 0.3 is 5.97 Å². The van der Waals surface area contributed by atoms with Gasteiger partial charge in [-0.25, -0.2) is 0 Å². The van der Waals surface area contributed by atoms with Crippen molar-refractivity contribution in [2.24, 2.45) is 5.92 Å². The summed E-state index contributed by atoms with van der Waals surface area (Å²) < 4.78 is 1.84. The molecular formula is C10H11Br2NO2S. The Morgan fingerprint density at radius 1 is 1.62 bits per heavy atom. The minimum absolute atomic E-state index is 0.590. The molecule has 0 aromatic carbocycles. The Labute approximate surface area is 114 Å². The Bertz CT molecular complexity index is 384. The molecule has 1 aliphatic carbocycles. The summed E-state index contributed by atoms with van der Waals surface area (Å²) in [5.74, 6) is -0.143. The molecule has 1 unspecified atom stereocenters. The number of carbonyl (C=O) groups is 1. The van der Waals surface area contributed by atoms with E-state index < -0.39 is 12.0 Å². The van der Waals surface area contributed by atoms with Crippen molar-refractivity contribution in [1.29, 1.82) is 0 Å². The molecule has 0 amide bonds. The highest BCUT2D eigenvalue weighted by atomic mass is 79.9. The summed E-state index contributed by atoms with van der Waals surface area (Å²) in [7, 11) is 0. The van der Waals surface area contributed by atoms with E-state index in [0.29, 0.717) is 5.92 Å². The topological polar surface area (TPSA) is 49.3 Å². The minimum Gasteiger partial charge on any atom is -0.480 e. The maximum Gasteiger partial charge on any atom is 0.326 e. The summed E-state index contributed by atoms with van der Waals surface area (Å²) in [6, 6.07) is 1.26. The van der Waals surface area contributed by atoms with Crippen molar-refractivity contribution < 1.29 is 9.90 Å². The third kappa shape index (κ3) is 3.06. The molecule has 2 N–H and O–H groups in total. The molecule has 0 spiro atoms. The van der Waals surface area contributed by atoms with Gasteiger partial charge in [0, 0.05) is 9.35 Å². The molecular weight excluding hydrogens is 358 g/mol. The van der Waals surface area contributed by atoms with Crippen LogP contribution in [0.15, 0.2) is 14.3 Å². The average Bonchev–Trinajstić information content (AvgIpc) is 2.95. The van der Waals surface area contributed by atoms with Gasteiger partial charge in [-0.1, -0.05) is 0 Å². The van der Waals surface area contributed by atoms with Gasteiger partial charge in [0.25, 0.3) is 0 Å². The molecule has 1 fully saturated rings. The monoisotopic (exact) mass is 367 g/mol. The van der Waals surface area contributed by atoms with Crippen LogP contribution in [0, 0.1) is 5.92 Å². The van der Waals surface area contributed by atoms with E-state index in [1.54, 1.807) is 0 Å². The van der Waals surface area contributed by atoms with E-state index in [1.165, 1.54) is 24.2 Å². The molecule has 16 heavy (non-hydrogen) atoms. The predicted octanol–water partition coefficient (Wildman–Crippen LogP) is 3.40. The summed E-state index contributed by atoms with van der Waals surface area (Å²) in [6.07, 6.45) is 2.44. The molecule has 1 aliphatic rings. The summed E-state index contributed by atoms with van der Waals surface area (Å²) >= 11 is 8.19. The molecule has 3 nitrogen and oxygen atoms in total. The number of rotatable bonds is 5. The second kappa shape index (κ2) is 5.16. The van der Waals surface area contributed by atoms with Crippen molar-refractivity contribution in [2.75, 3.05) is 6.54 Å². The second-order valence-corrected chi connectivity index (χ2v) is 7.15. The first kappa shape index (κ1) is 12.5. The first-order chi connectivity index (χ1) is 7.58. The van der Waals surface area contributed by atoms with Crippen molar-refractivity contribution in [3.63, 3.8) is 0 Å². The summed E-state index contributed by atoms with van der Waals surface area (Å²) in [6.45, 7) is 0.796. The molecule has 1 heterocycles. The van der Waals surface area contributed by atoms with E-state index in [9.17, 15) is 9.90 Å². The highest BCUT2D eigenvalue weighted by Crippen LogP contribution is 2.36. The normalized spacial score (nSPS) is 17.4. The third-order valence-corrected chi connectivity index (χ3v) is 5.82. The van der Waals surface area contributed by atoms with Crippen molar-refractivity contribution in [3.8, 4) is 0 Å². The van der Waals surface area contributed by atoms with Gasteiger partial charge in [0.1, 0.15) is 6.04 Å². The molecule has 2 rings (SSSR count).